The fourth-order valence-corrected chi connectivity index (χ4v) is 3.55. The number of ether oxygens (including phenoxy) is 1. The minimum atomic E-state index is 0.522. The summed E-state index contributed by atoms with van der Waals surface area (Å²) in [6.45, 7) is 2.74. The Morgan fingerprint density at radius 1 is 1.00 bits per heavy atom. The SMILES string of the molecule is CN(C)c1ccc(COc2nccc3cccc(N4CCCC4)c23)cc1. The van der Waals surface area contributed by atoms with E-state index >= 15 is 0 Å². The molecule has 1 saturated heterocycles. The van der Waals surface area contributed by atoms with Crippen LogP contribution < -0.4 is 14.5 Å². The molecule has 0 atom stereocenters. The first-order valence-corrected chi connectivity index (χ1v) is 9.24. The molecule has 0 N–H and O–H groups in total. The van der Waals surface area contributed by atoms with Gasteiger partial charge in [-0.3, -0.25) is 0 Å². The van der Waals surface area contributed by atoms with Crippen LogP contribution in [-0.2, 0) is 6.61 Å². The molecule has 1 aromatic heterocycles. The smallest absolute Gasteiger partial charge is 0.223 e. The average molecular weight is 347 g/mol. The molecule has 1 aliphatic rings. The van der Waals surface area contributed by atoms with Crippen molar-refractivity contribution < 1.29 is 4.74 Å². The Morgan fingerprint density at radius 3 is 2.50 bits per heavy atom. The summed E-state index contributed by atoms with van der Waals surface area (Å²) in [5.41, 5.74) is 3.58. The van der Waals surface area contributed by atoms with Crippen LogP contribution in [0.1, 0.15) is 18.4 Å². The number of anilines is 2. The van der Waals surface area contributed by atoms with E-state index in [1.54, 1.807) is 0 Å². The number of benzene rings is 2. The van der Waals surface area contributed by atoms with Gasteiger partial charge in [-0.2, -0.15) is 0 Å². The number of rotatable bonds is 5. The fourth-order valence-electron chi connectivity index (χ4n) is 3.55. The highest BCUT2D eigenvalue weighted by molar-refractivity contribution is 5.98. The van der Waals surface area contributed by atoms with E-state index in [4.69, 9.17) is 4.74 Å². The van der Waals surface area contributed by atoms with Crippen LogP contribution >= 0.6 is 0 Å². The zero-order valence-electron chi connectivity index (χ0n) is 15.5. The monoisotopic (exact) mass is 347 g/mol. The molecule has 0 bridgehead atoms. The highest BCUT2D eigenvalue weighted by atomic mass is 16.5. The molecule has 0 saturated carbocycles. The Bertz CT molecular complexity index is 878. The fraction of sp³-hybridized carbons (Fsp3) is 0.318. The zero-order valence-corrected chi connectivity index (χ0v) is 15.5. The van der Waals surface area contributed by atoms with Crippen molar-refractivity contribution in [3.63, 3.8) is 0 Å². The van der Waals surface area contributed by atoms with E-state index in [1.165, 1.54) is 29.6 Å². The van der Waals surface area contributed by atoms with Gasteiger partial charge in [0.15, 0.2) is 0 Å². The Hall–Kier alpha value is -2.75. The van der Waals surface area contributed by atoms with Gasteiger partial charge in [-0.25, -0.2) is 4.98 Å². The van der Waals surface area contributed by atoms with Crippen molar-refractivity contribution >= 4 is 22.1 Å². The number of pyridine rings is 1. The first-order chi connectivity index (χ1) is 12.7. The predicted octanol–water partition coefficient (Wildman–Crippen LogP) is 4.48. The van der Waals surface area contributed by atoms with Gasteiger partial charge in [-0.05, 0) is 48.1 Å². The molecule has 0 unspecified atom stereocenters. The van der Waals surface area contributed by atoms with Crippen molar-refractivity contribution in [2.75, 3.05) is 37.0 Å². The van der Waals surface area contributed by atoms with Crippen LogP contribution in [0.25, 0.3) is 10.8 Å². The molecule has 0 amide bonds. The summed E-state index contributed by atoms with van der Waals surface area (Å²) in [6.07, 6.45) is 4.34. The molecule has 2 aromatic carbocycles. The second-order valence-electron chi connectivity index (χ2n) is 7.04. The standard InChI is InChI=1S/C22H25N3O/c1-24(2)19-10-8-17(9-11-19)16-26-22-21-18(12-13-23-22)6-5-7-20(21)25-14-3-4-15-25/h5-13H,3-4,14-16H2,1-2H3. The first kappa shape index (κ1) is 16.7. The molecule has 2 heterocycles. The molecule has 4 heteroatoms. The second kappa shape index (κ2) is 7.24. The Kier molecular flexibility index (Phi) is 4.65. The van der Waals surface area contributed by atoms with Gasteiger partial charge in [0.1, 0.15) is 6.61 Å². The third kappa shape index (κ3) is 3.32. The van der Waals surface area contributed by atoms with Gasteiger partial charge in [-0.1, -0.05) is 24.3 Å². The number of hydrogen-bond donors (Lipinski definition) is 0. The second-order valence-corrected chi connectivity index (χ2v) is 7.04. The van der Waals surface area contributed by atoms with Crippen LogP contribution in [0.3, 0.4) is 0 Å². The van der Waals surface area contributed by atoms with Crippen molar-refractivity contribution in [1.82, 2.24) is 4.98 Å². The van der Waals surface area contributed by atoms with Gasteiger partial charge in [0.2, 0.25) is 5.88 Å². The molecular weight excluding hydrogens is 322 g/mol. The topological polar surface area (TPSA) is 28.6 Å². The van der Waals surface area contributed by atoms with Gasteiger partial charge >= 0.3 is 0 Å². The quantitative estimate of drug-likeness (QED) is 0.680. The highest BCUT2D eigenvalue weighted by Gasteiger charge is 2.17. The molecule has 1 fully saturated rings. The van der Waals surface area contributed by atoms with Crippen LogP contribution in [-0.4, -0.2) is 32.2 Å². The van der Waals surface area contributed by atoms with Crippen LogP contribution in [0.4, 0.5) is 11.4 Å². The molecule has 0 radical (unpaired) electrons. The number of aromatic nitrogens is 1. The van der Waals surface area contributed by atoms with E-state index in [-0.39, 0.29) is 0 Å². The maximum absolute atomic E-state index is 6.15. The molecular formula is C22H25N3O. The normalized spacial score (nSPS) is 14.0. The summed E-state index contributed by atoms with van der Waals surface area (Å²) in [5.74, 6) is 0.724. The lowest BCUT2D eigenvalue weighted by atomic mass is 10.1. The zero-order chi connectivity index (χ0) is 17.9. The number of fused-ring (bicyclic) bond motifs is 1. The Morgan fingerprint density at radius 2 is 1.77 bits per heavy atom. The Labute approximate surface area is 155 Å². The van der Waals surface area contributed by atoms with Crippen molar-refractivity contribution in [3.05, 3.63) is 60.3 Å². The van der Waals surface area contributed by atoms with Gasteiger partial charge in [0, 0.05) is 39.1 Å². The Balaban J connectivity index is 1.61. The van der Waals surface area contributed by atoms with Crippen molar-refractivity contribution in [3.8, 4) is 5.88 Å². The van der Waals surface area contributed by atoms with E-state index in [9.17, 15) is 0 Å². The lowest BCUT2D eigenvalue weighted by Crippen LogP contribution is -2.18. The van der Waals surface area contributed by atoms with Crippen LogP contribution in [0.15, 0.2) is 54.7 Å². The van der Waals surface area contributed by atoms with E-state index in [2.05, 4.69) is 63.3 Å². The maximum atomic E-state index is 6.15. The predicted molar refractivity (Wildman–Crippen MR) is 108 cm³/mol. The lowest BCUT2D eigenvalue weighted by Gasteiger charge is -2.21. The lowest BCUT2D eigenvalue weighted by molar-refractivity contribution is 0.298. The summed E-state index contributed by atoms with van der Waals surface area (Å²) in [4.78, 5) is 9.09. The van der Waals surface area contributed by atoms with E-state index in [1.807, 2.05) is 20.3 Å². The van der Waals surface area contributed by atoms with E-state index in [0.29, 0.717) is 6.61 Å². The van der Waals surface area contributed by atoms with Crippen LogP contribution in [0.5, 0.6) is 5.88 Å². The summed E-state index contributed by atoms with van der Waals surface area (Å²) in [5, 5.41) is 2.31. The van der Waals surface area contributed by atoms with Gasteiger partial charge in [-0.15, -0.1) is 0 Å². The highest BCUT2D eigenvalue weighted by Crippen LogP contribution is 2.35. The summed E-state index contributed by atoms with van der Waals surface area (Å²) < 4.78 is 6.15. The summed E-state index contributed by atoms with van der Waals surface area (Å²) in [7, 11) is 4.09. The van der Waals surface area contributed by atoms with E-state index < -0.39 is 0 Å². The minimum absolute atomic E-state index is 0.522. The number of hydrogen-bond acceptors (Lipinski definition) is 4. The van der Waals surface area contributed by atoms with Crippen molar-refractivity contribution in [2.24, 2.45) is 0 Å². The van der Waals surface area contributed by atoms with Crippen LogP contribution in [0, 0.1) is 0 Å². The molecule has 1 aliphatic heterocycles. The van der Waals surface area contributed by atoms with Gasteiger partial charge < -0.3 is 14.5 Å². The molecule has 0 aliphatic carbocycles. The minimum Gasteiger partial charge on any atom is -0.472 e. The molecule has 4 rings (SSSR count). The molecule has 0 spiro atoms. The third-order valence-electron chi connectivity index (χ3n) is 5.01. The average Bonchev–Trinajstić information content (AvgIpc) is 3.20. The molecule has 3 aromatic rings. The largest absolute Gasteiger partial charge is 0.472 e. The molecule has 4 nitrogen and oxygen atoms in total. The van der Waals surface area contributed by atoms with E-state index in [0.717, 1.165) is 29.9 Å². The van der Waals surface area contributed by atoms with Crippen molar-refractivity contribution in [1.29, 1.82) is 0 Å². The molecule has 134 valence electrons. The van der Waals surface area contributed by atoms with Gasteiger partial charge in [0.25, 0.3) is 0 Å². The summed E-state index contributed by atoms with van der Waals surface area (Å²) >= 11 is 0. The maximum Gasteiger partial charge on any atom is 0.223 e. The van der Waals surface area contributed by atoms with Gasteiger partial charge in [0.05, 0.1) is 11.1 Å². The first-order valence-electron chi connectivity index (χ1n) is 9.24. The number of nitrogens with zero attached hydrogens (tertiary/aromatic N) is 3. The van der Waals surface area contributed by atoms with Crippen molar-refractivity contribution in [2.45, 2.75) is 19.4 Å². The third-order valence-corrected chi connectivity index (χ3v) is 5.01. The summed E-state index contributed by atoms with van der Waals surface area (Å²) in [6, 6.07) is 17.0. The molecule has 26 heavy (non-hydrogen) atoms. The van der Waals surface area contributed by atoms with Crippen LogP contribution in [0.2, 0.25) is 0 Å².